The molecule has 0 amide bonds. The zero-order valence-corrected chi connectivity index (χ0v) is 7.38. The summed E-state index contributed by atoms with van der Waals surface area (Å²) in [5.41, 5.74) is 0. The van der Waals surface area contributed by atoms with Crippen molar-refractivity contribution in [3.63, 3.8) is 0 Å². The predicted octanol–water partition coefficient (Wildman–Crippen LogP) is 2.48. The van der Waals surface area contributed by atoms with Crippen molar-refractivity contribution in [1.82, 2.24) is 0 Å². The second-order valence-electron chi connectivity index (χ2n) is 2.91. The molecule has 0 aliphatic rings. The molecule has 66 valence electrons. The van der Waals surface area contributed by atoms with Crippen LogP contribution in [0, 0.1) is 16.0 Å². The Kier molecular flexibility index (Phi) is 5.80. The van der Waals surface area contributed by atoms with Gasteiger partial charge in [0, 0.05) is 11.3 Å². The third-order valence-corrected chi connectivity index (χ3v) is 1.99. The van der Waals surface area contributed by atoms with Crippen LogP contribution in [0.15, 0.2) is 0 Å². The first-order valence-corrected chi connectivity index (χ1v) is 4.32. The lowest BCUT2D eigenvalue weighted by molar-refractivity contribution is -0.481. The van der Waals surface area contributed by atoms with Crippen LogP contribution in [0.5, 0.6) is 0 Å². The molecule has 0 saturated heterocycles. The van der Waals surface area contributed by atoms with Crippen molar-refractivity contribution in [3.8, 4) is 0 Å². The molecule has 0 heterocycles. The molecular formula is C8H17NO2. The minimum absolute atomic E-state index is 0.137. The van der Waals surface area contributed by atoms with Crippen molar-refractivity contribution in [2.75, 3.05) is 6.54 Å². The molecule has 0 aromatic carbocycles. The van der Waals surface area contributed by atoms with Gasteiger partial charge in [-0.1, -0.05) is 33.1 Å². The van der Waals surface area contributed by atoms with E-state index in [1.165, 1.54) is 0 Å². The van der Waals surface area contributed by atoms with Crippen LogP contribution < -0.4 is 0 Å². The van der Waals surface area contributed by atoms with Crippen LogP contribution in [0.25, 0.3) is 0 Å². The standard InChI is InChI=1S/C8H17NO2/c1-3-5-8(4-2)6-7-9(10)11/h8H,3-7H2,1-2H3. The summed E-state index contributed by atoms with van der Waals surface area (Å²) >= 11 is 0. The minimum atomic E-state index is -0.224. The third kappa shape index (κ3) is 5.83. The van der Waals surface area contributed by atoms with Gasteiger partial charge in [-0.05, 0) is 5.92 Å². The van der Waals surface area contributed by atoms with Crippen molar-refractivity contribution in [2.45, 2.75) is 39.5 Å². The van der Waals surface area contributed by atoms with E-state index >= 15 is 0 Å². The smallest absolute Gasteiger partial charge is 0.204 e. The van der Waals surface area contributed by atoms with Gasteiger partial charge < -0.3 is 0 Å². The van der Waals surface area contributed by atoms with E-state index in [9.17, 15) is 10.1 Å². The van der Waals surface area contributed by atoms with Crippen molar-refractivity contribution in [3.05, 3.63) is 10.1 Å². The fraction of sp³-hybridized carbons (Fsp3) is 1.00. The zero-order chi connectivity index (χ0) is 8.69. The fourth-order valence-electron chi connectivity index (χ4n) is 1.25. The van der Waals surface area contributed by atoms with E-state index in [2.05, 4.69) is 13.8 Å². The maximum absolute atomic E-state index is 10.0. The lowest BCUT2D eigenvalue weighted by atomic mass is 9.97. The Morgan fingerprint density at radius 3 is 2.36 bits per heavy atom. The van der Waals surface area contributed by atoms with Crippen LogP contribution in [-0.2, 0) is 0 Å². The average molecular weight is 159 g/mol. The SMILES string of the molecule is CCCC(CC)CC[N+](=O)[O-]. The second kappa shape index (κ2) is 6.13. The second-order valence-corrected chi connectivity index (χ2v) is 2.91. The lowest BCUT2D eigenvalue weighted by Gasteiger charge is -2.09. The fourth-order valence-corrected chi connectivity index (χ4v) is 1.25. The van der Waals surface area contributed by atoms with E-state index in [4.69, 9.17) is 0 Å². The molecule has 0 radical (unpaired) electrons. The van der Waals surface area contributed by atoms with Crippen LogP contribution in [0.3, 0.4) is 0 Å². The topological polar surface area (TPSA) is 43.1 Å². The van der Waals surface area contributed by atoms with Gasteiger partial charge >= 0.3 is 0 Å². The van der Waals surface area contributed by atoms with E-state index in [1.54, 1.807) is 0 Å². The first-order valence-electron chi connectivity index (χ1n) is 4.32. The normalized spacial score (nSPS) is 12.9. The molecule has 3 heteroatoms. The van der Waals surface area contributed by atoms with Gasteiger partial charge in [-0.25, -0.2) is 0 Å². The van der Waals surface area contributed by atoms with Crippen molar-refractivity contribution in [1.29, 1.82) is 0 Å². The highest BCUT2D eigenvalue weighted by molar-refractivity contribution is 4.55. The summed E-state index contributed by atoms with van der Waals surface area (Å²) in [5.74, 6) is 0.561. The van der Waals surface area contributed by atoms with Gasteiger partial charge in [-0.3, -0.25) is 10.1 Å². The Bertz CT molecular complexity index is 115. The molecule has 0 aliphatic carbocycles. The first-order chi connectivity index (χ1) is 5.20. The van der Waals surface area contributed by atoms with Gasteiger partial charge in [0.05, 0.1) is 0 Å². The maximum atomic E-state index is 10.0. The van der Waals surface area contributed by atoms with Gasteiger partial charge in [-0.15, -0.1) is 0 Å². The van der Waals surface area contributed by atoms with Crippen LogP contribution in [0.1, 0.15) is 39.5 Å². The minimum Gasteiger partial charge on any atom is -0.265 e. The molecule has 1 atom stereocenters. The monoisotopic (exact) mass is 159 g/mol. The Labute approximate surface area is 67.9 Å². The average Bonchev–Trinajstić information content (AvgIpc) is 1.97. The molecule has 0 aromatic rings. The number of hydrogen-bond donors (Lipinski definition) is 0. The summed E-state index contributed by atoms with van der Waals surface area (Å²) in [5, 5.41) is 10.0. The van der Waals surface area contributed by atoms with Gasteiger partial charge in [0.25, 0.3) is 0 Å². The molecule has 0 aliphatic heterocycles. The van der Waals surface area contributed by atoms with Gasteiger partial charge in [0.15, 0.2) is 0 Å². The molecule has 0 aromatic heterocycles. The van der Waals surface area contributed by atoms with Gasteiger partial charge in [0.2, 0.25) is 6.54 Å². The molecule has 0 N–H and O–H groups in total. The van der Waals surface area contributed by atoms with Crippen LogP contribution in [0.4, 0.5) is 0 Å². The number of rotatable bonds is 6. The summed E-state index contributed by atoms with van der Waals surface area (Å²) in [6, 6.07) is 0. The van der Waals surface area contributed by atoms with Gasteiger partial charge in [0.1, 0.15) is 0 Å². The first kappa shape index (κ1) is 10.4. The molecule has 3 nitrogen and oxygen atoms in total. The molecule has 11 heavy (non-hydrogen) atoms. The Balaban J connectivity index is 3.43. The third-order valence-electron chi connectivity index (χ3n) is 1.99. The van der Waals surface area contributed by atoms with E-state index in [0.717, 1.165) is 25.7 Å². The largest absolute Gasteiger partial charge is 0.265 e. The van der Waals surface area contributed by atoms with Gasteiger partial charge in [-0.2, -0.15) is 0 Å². The van der Waals surface area contributed by atoms with E-state index in [1.807, 2.05) is 0 Å². The van der Waals surface area contributed by atoms with Crippen LogP contribution in [-0.4, -0.2) is 11.5 Å². The van der Waals surface area contributed by atoms with E-state index in [-0.39, 0.29) is 11.5 Å². The quantitative estimate of drug-likeness (QED) is 0.441. The summed E-state index contributed by atoms with van der Waals surface area (Å²) < 4.78 is 0. The molecular weight excluding hydrogens is 142 g/mol. The molecule has 0 fully saturated rings. The van der Waals surface area contributed by atoms with Crippen molar-refractivity contribution >= 4 is 0 Å². The maximum Gasteiger partial charge on any atom is 0.204 e. The molecule has 0 saturated carbocycles. The molecule has 0 spiro atoms. The van der Waals surface area contributed by atoms with Crippen LogP contribution in [0.2, 0.25) is 0 Å². The van der Waals surface area contributed by atoms with E-state index in [0.29, 0.717) is 5.92 Å². The Hall–Kier alpha value is -0.600. The molecule has 0 bridgehead atoms. The summed E-state index contributed by atoms with van der Waals surface area (Å²) in [6.07, 6.45) is 4.08. The summed E-state index contributed by atoms with van der Waals surface area (Å²) in [4.78, 5) is 9.81. The highest BCUT2D eigenvalue weighted by atomic mass is 16.6. The highest BCUT2D eigenvalue weighted by Gasteiger charge is 2.08. The lowest BCUT2D eigenvalue weighted by Crippen LogP contribution is -2.07. The Morgan fingerprint density at radius 1 is 1.36 bits per heavy atom. The summed E-state index contributed by atoms with van der Waals surface area (Å²) in [7, 11) is 0. The number of nitrogens with zero attached hydrogens (tertiary/aromatic N) is 1. The van der Waals surface area contributed by atoms with Crippen molar-refractivity contribution in [2.24, 2.45) is 5.92 Å². The van der Waals surface area contributed by atoms with Crippen molar-refractivity contribution < 1.29 is 4.92 Å². The Morgan fingerprint density at radius 2 is 2.00 bits per heavy atom. The number of nitro groups is 1. The zero-order valence-electron chi connectivity index (χ0n) is 7.38. The highest BCUT2D eigenvalue weighted by Crippen LogP contribution is 2.14. The number of hydrogen-bond acceptors (Lipinski definition) is 2. The molecule has 1 unspecified atom stereocenters. The summed E-state index contributed by atoms with van der Waals surface area (Å²) in [6.45, 7) is 4.35. The predicted molar refractivity (Wildman–Crippen MR) is 45.2 cm³/mol. The van der Waals surface area contributed by atoms with E-state index < -0.39 is 0 Å². The molecule has 0 rings (SSSR count). The van der Waals surface area contributed by atoms with Crippen LogP contribution >= 0.6 is 0 Å².